The van der Waals surface area contributed by atoms with Crippen molar-refractivity contribution in [2.24, 2.45) is 0 Å². The van der Waals surface area contributed by atoms with E-state index < -0.39 is 5.97 Å². The van der Waals surface area contributed by atoms with Crippen LogP contribution in [0.1, 0.15) is 15.9 Å². The van der Waals surface area contributed by atoms with Gasteiger partial charge in [0.2, 0.25) is 0 Å². The molecule has 5 nitrogen and oxygen atoms in total. The summed E-state index contributed by atoms with van der Waals surface area (Å²) in [5, 5.41) is 9.13. The molecule has 1 fully saturated rings. The monoisotopic (exact) mass is 397 g/mol. The van der Waals surface area contributed by atoms with E-state index in [0.717, 1.165) is 11.3 Å². The number of benzene rings is 2. The van der Waals surface area contributed by atoms with Gasteiger partial charge in [0.1, 0.15) is 5.75 Å². The van der Waals surface area contributed by atoms with Gasteiger partial charge < -0.3 is 9.84 Å². The zero-order valence-corrected chi connectivity index (χ0v) is 15.9. The quantitative estimate of drug-likeness (QED) is 0.597. The van der Waals surface area contributed by atoms with Crippen LogP contribution in [0, 0.1) is 0 Å². The molecule has 0 aromatic heterocycles. The van der Waals surface area contributed by atoms with Crippen molar-refractivity contribution in [3.63, 3.8) is 0 Å². The van der Waals surface area contributed by atoms with Gasteiger partial charge in [-0.2, -0.15) is 0 Å². The predicted molar refractivity (Wildman–Crippen MR) is 111 cm³/mol. The Morgan fingerprint density at radius 1 is 1.22 bits per heavy atom. The third-order valence-electron chi connectivity index (χ3n) is 3.81. The average Bonchev–Trinajstić information content (AvgIpc) is 2.95. The number of carboxylic acids is 1. The molecule has 0 bridgehead atoms. The number of aromatic carboxylic acids is 1. The number of thiocarbonyl (C=S) groups is 1. The topological polar surface area (TPSA) is 66.8 Å². The van der Waals surface area contributed by atoms with Crippen LogP contribution >= 0.6 is 24.0 Å². The van der Waals surface area contributed by atoms with Crippen LogP contribution in [0.3, 0.4) is 0 Å². The number of ether oxygens (including phenoxy) is 1. The van der Waals surface area contributed by atoms with Gasteiger partial charge in [-0.25, -0.2) is 4.79 Å². The molecule has 1 amide bonds. The Labute approximate surface area is 165 Å². The summed E-state index contributed by atoms with van der Waals surface area (Å²) in [5.41, 5.74) is 1.43. The molecule has 0 spiro atoms. The van der Waals surface area contributed by atoms with E-state index in [1.165, 1.54) is 28.8 Å². The smallest absolute Gasteiger partial charge is 0.335 e. The van der Waals surface area contributed by atoms with Crippen molar-refractivity contribution in [3.05, 3.63) is 76.7 Å². The lowest BCUT2D eigenvalue weighted by Gasteiger charge is -2.14. The Morgan fingerprint density at radius 2 is 2.00 bits per heavy atom. The molecule has 1 aliphatic rings. The maximum absolute atomic E-state index is 12.7. The van der Waals surface area contributed by atoms with Crippen LogP contribution in [0.25, 0.3) is 6.08 Å². The molecule has 0 unspecified atom stereocenters. The molecule has 3 rings (SSSR count). The number of amides is 1. The van der Waals surface area contributed by atoms with Gasteiger partial charge in [0.25, 0.3) is 5.91 Å². The number of anilines is 1. The van der Waals surface area contributed by atoms with Gasteiger partial charge in [0.15, 0.2) is 4.32 Å². The van der Waals surface area contributed by atoms with Crippen molar-refractivity contribution < 1.29 is 19.4 Å². The van der Waals surface area contributed by atoms with Crippen molar-refractivity contribution in [1.82, 2.24) is 0 Å². The largest absolute Gasteiger partial charge is 0.496 e. The summed E-state index contributed by atoms with van der Waals surface area (Å²) in [6, 6.07) is 13.7. The van der Waals surface area contributed by atoms with E-state index in [1.807, 2.05) is 30.3 Å². The Kier molecular flexibility index (Phi) is 5.73. The van der Waals surface area contributed by atoms with E-state index in [0.29, 0.717) is 14.9 Å². The number of hydrogen-bond acceptors (Lipinski definition) is 5. The fraction of sp³-hybridized carbons (Fsp3) is 0.0500. The molecular weight excluding hydrogens is 382 g/mol. The van der Waals surface area contributed by atoms with Crippen LogP contribution < -0.4 is 9.64 Å². The third-order valence-corrected chi connectivity index (χ3v) is 5.13. The summed E-state index contributed by atoms with van der Waals surface area (Å²) in [6.45, 7) is 0. The van der Waals surface area contributed by atoms with Crippen LogP contribution in [0.2, 0.25) is 0 Å². The third kappa shape index (κ3) is 4.10. The molecule has 136 valence electrons. The van der Waals surface area contributed by atoms with Gasteiger partial charge in [0.05, 0.1) is 23.3 Å². The van der Waals surface area contributed by atoms with Gasteiger partial charge in [-0.1, -0.05) is 60.4 Å². The van der Waals surface area contributed by atoms with Crippen LogP contribution in [-0.4, -0.2) is 28.4 Å². The van der Waals surface area contributed by atoms with Crippen molar-refractivity contribution in [2.45, 2.75) is 0 Å². The van der Waals surface area contributed by atoms with Crippen molar-refractivity contribution >= 4 is 51.9 Å². The normalized spacial score (nSPS) is 15.7. The number of thioether (sulfide) groups is 1. The highest BCUT2D eigenvalue weighted by molar-refractivity contribution is 8.27. The van der Waals surface area contributed by atoms with E-state index in [2.05, 4.69) is 0 Å². The first-order valence-electron chi connectivity index (χ1n) is 7.92. The SMILES string of the molecule is COc1ccccc1/C=C/C=C1\SC(=S)N(c2cccc(C(=O)O)c2)C1=O. The summed E-state index contributed by atoms with van der Waals surface area (Å²) in [6.07, 6.45) is 5.29. The molecule has 0 atom stereocenters. The lowest BCUT2D eigenvalue weighted by Crippen LogP contribution is -2.27. The Morgan fingerprint density at radius 3 is 2.74 bits per heavy atom. The van der Waals surface area contributed by atoms with Crippen molar-refractivity contribution in [3.8, 4) is 5.75 Å². The molecule has 1 aliphatic heterocycles. The summed E-state index contributed by atoms with van der Waals surface area (Å²) in [7, 11) is 1.60. The number of carbonyl (C=O) groups is 2. The molecule has 1 heterocycles. The first-order chi connectivity index (χ1) is 13.0. The molecule has 7 heteroatoms. The highest BCUT2D eigenvalue weighted by atomic mass is 32.2. The second-order valence-electron chi connectivity index (χ2n) is 5.50. The first-order valence-corrected chi connectivity index (χ1v) is 9.14. The van der Waals surface area contributed by atoms with E-state index >= 15 is 0 Å². The van der Waals surface area contributed by atoms with Crippen molar-refractivity contribution in [2.75, 3.05) is 12.0 Å². The predicted octanol–water partition coefficient (Wildman–Crippen LogP) is 4.36. The maximum atomic E-state index is 12.7. The fourth-order valence-corrected chi connectivity index (χ4v) is 3.78. The molecule has 0 radical (unpaired) electrons. The Hall–Kier alpha value is -2.90. The Bertz CT molecular complexity index is 981. The zero-order chi connectivity index (χ0) is 19.4. The number of carbonyl (C=O) groups excluding carboxylic acids is 1. The van der Waals surface area contributed by atoms with E-state index in [1.54, 1.807) is 31.4 Å². The first kappa shape index (κ1) is 18.9. The number of hydrogen-bond donors (Lipinski definition) is 1. The molecule has 2 aromatic carbocycles. The lowest BCUT2D eigenvalue weighted by molar-refractivity contribution is -0.113. The number of methoxy groups -OCH3 is 1. The van der Waals surface area contributed by atoms with Crippen LogP contribution in [0.15, 0.2) is 65.6 Å². The molecule has 0 saturated carbocycles. The number of carboxylic acid groups (broad SMARTS) is 1. The number of allylic oxidation sites excluding steroid dienone is 2. The van der Waals surface area contributed by atoms with E-state index in [9.17, 15) is 9.59 Å². The zero-order valence-electron chi connectivity index (χ0n) is 14.3. The van der Waals surface area contributed by atoms with Gasteiger partial charge in [-0.15, -0.1) is 0 Å². The molecule has 0 aliphatic carbocycles. The number of nitrogens with zero attached hydrogens (tertiary/aromatic N) is 1. The summed E-state index contributed by atoms with van der Waals surface area (Å²) >= 11 is 6.48. The Balaban J connectivity index is 1.83. The van der Waals surface area contributed by atoms with Crippen molar-refractivity contribution in [1.29, 1.82) is 0 Å². The second-order valence-corrected chi connectivity index (χ2v) is 7.17. The fourth-order valence-electron chi connectivity index (χ4n) is 2.53. The van der Waals surface area contributed by atoms with Crippen LogP contribution in [0.5, 0.6) is 5.75 Å². The molecule has 1 N–H and O–H groups in total. The molecule has 1 saturated heterocycles. The minimum absolute atomic E-state index is 0.0987. The average molecular weight is 397 g/mol. The van der Waals surface area contributed by atoms with Gasteiger partial charge in [-0.3, -0.25) is 9.69 Å². The standard InChI is InChI=1S/C20H15NO4S2/c1-25-16-10-3-2-6-13(16)7-5-11-17-18(22)21(20(26)27-17)15-9-4-8-14(12-15)19(23)24/h2-12H,1H3,(H,23,24)/b7-5+,17-11-. The van der Waals surface area contributed by atoms with Gasteiger partial charge in [-0.05, 0) is 30.3 Å². The van der Waals surface area contributed by atoms with Crippen LogP contribution in [0.4, 0.5) is 5.69 Å². The maximum Gasteiger partial charge on any atom is 0.335 e. The summed E-state index contributed by atoms with van der Waals surface area (Å²) < 4.78 is 5.65. The number of rotatable bonds is 5. The van der Waals surface area contributed by atoms with Crippen LogP contribution in [-0.2, 0) is 4.79 Å². The summed E-state index contributed by atoms with van der Waals surface area (Å²) in [5.74, 6) is -0.602. The lowest BCUT2D eigenvalue weighted by atomic mass is 10.2. The van der Waals surface area contributed by atoms with Gasteiger partial charge in [0, 0.05) is 5.56 Å². The second kappa shape index (κ2) is 8.20. The molecular formula is C20H15NO4S2. The minimum atomic E-state index is -1.06. The highest BCUT2D eigenvalue weighted by Crippen LogP contribution is 2.35. The molecule has 27 heavy (non-hydrogen) atoms. The van der Waals surface area contributed by atoms with Gasteiger partial charge >= 0.3 is 5.97 Å². The summed E-state index contributed by atoms with van der Waals surface area (Å²) in [4.78, 5) is 25.7. The number of para-hydroxylation sites is 1. The van der Waals surface area contributed by atoms with E-state index in [4.69, 9.17) is 22.1 Å². The minimum Gasteiger partial charge on any atom is -0.496 e. The molecule has 2 aromatic rings. The van der Waals surface area contributed by atoms with E-state index in [-0.39, 0.29) is 11.5 Å². The highest BCUT2D eigenvalue weighted by Gasteiger charge is 2.33.